The van der Waals surface area contributed by atoms with Crippen LogP contribution in [0.15, 0.2) is 24.3 Å². The van der Waals surface area contributed by atoms with Gasteiger partial charge in [-0.05, 0) is 25.0 Å². The molecule has 0 atom stereocenters. The van der Waals surface area contributed by atoms with Gasteiger partial charge >= 0.3 is 5.97 Å². The topological polar surface area (TPSA) is 46.6 Å². The zero-order chi connectivity index (χ0) is 17.8. The third-order valence-electron chi connectivity index (χ3n) is 4.10. The second-order valence-electron chi connectivity index (χ2n) is 6.32. The van der Waals surface area contributed by atoms with Gasteiger partial charge in [-0.1, -0.05) is 63.6 Å². The second kappa shape index (κ2) is 11.7. The molecule has 0 saturated heterocycles. The third-order valence-corrected chi connectivity index (χ3v) is 4.10. The molecule has 0 aliphatic carbocycles. The van der Waals surface area contributed by atoms with E-state index in [-0.39, 0.29) is 18.4 Å². The van der Waals surface area contributed by atoms with Crippen LogP contribution in [0.4, 0.5) is 0 Å². The molecule has 0 aliphatic heterocycles. The highest BCUT2D eigenvalue weighted by molar-refractivity contribution is 5.97. The van der Waals surface area contributed by atoms with Crippen LogP contribution in [0.2, 0.25) is 0 Å². The van der Waals surface area contributed by atoms with Crippen molar-refractivity contribution in [1.82, 2.24) is 4.90 Å². The predicted octanol–water partition coefficient (Wildman–Crippen LogP) is 4.36. The van der Waals surface area contributed by atoms with Gasteiger partial charge in [0.2, 0.25) is 0 Å². The summed E-state index contributed by atoms with van der Waals surface area (Å²) in [5.74, 6) is -0.494. The summed E-state index contributed by atoms with van der Waals surface area (Å²) in [5.41, 5.74) is 1.53. The van der Waals surface area contributed by atoms with E-state index in [9.17, 15) is 9.59 Å². The van der Waals surface area contributed by atoms with E-state index in [4.69, 9.17) is 4.74 Å². The van der Waals surface area contributed by atoms with E-state index in [0.717, 1.165) is 18.4 Å². The first-order valence-electron chi connectivity index (χ1n) is 9.03. The number of unbranched alkanes of at least 4 members (excludes halogenated alkanes) is 6. The van der Waals surface area contributed by atoms with Crippen LogP contribution in [0, 0.1) is 6.92 Å². The van der Waals surface area contributed by atoms with Crippen molar-refractivity contribution in [2.75, 3.05) is 20.2 Å². The van der Waals surface area contributed by atoms with Crippen molar-refractivity contribution in [3.63, 3.8) is 0 Å². The fourth-order valence-electron chi connectivity index (χ4n) is 2.57. The number of carbonyl (C=O) groups is 2. The molecule has 24 heavy (non-hydrogen) atoms. The molecule has 0 spiro atoms. The summed E-state index contributed by atoms with van der Waals surface area (Å²) in [5, 5.41) is 0. The lowest BCUT2D eigenvalue weighted by Gasteiger charge is -2.17. The summed E-state index contributed by atoms with van der Waals surface area (Å²) < 4.78 is 5.22. The predicted molar refractivity (Wildman–Crippen MR) is 97.1 cm³/mol. The van der Waals surface area contributed by atoms with Crippen molar-refractivity contribution in [2.45, 2.75) is 58.8 Å². The molecule has 1 rings (SSSR count). The number of nitrogens with zero attached hydrogens (tertiary/aromatic N) is 1. The SMILES string of the molecule is CCCCCCCCCOC(=O)CN(C)C(=O)c1ccccc1C. The van der Waals surface area contributed by atoms with Gasteiger partial charge in [-0.3, -0.25) is 9.59 Å². The normalized spacial score (nSPS) is 10.5. The van der Waals surface area contributed by atoms with E-state index in [0.29, 0.717) is 12.2 Å². The lowest BCUT2D eigenvalue weighted by atomic mass is 10.1. The molecular formula is C20H31NO3. The first-order valence-corrected chi connectivity index (χ1v) is 9.03. The van der Waals surface area contributed by atoms with Crippen LogP contribution >= 0.6 is 0 Å². The van der Waals surface area contributed by atoms with Gasteiger partial charge in [0.1, 0.15) is 6.54 Å². The van der Waals surface area contributed by atoms with Gasteiger partial charge in [-0.15, -0.1) is 0 Å². The van der Waals surface area contributed by atoms with Crippen molar-refractivity contribution in [3.05, 3.63) is 35.4 Å². The molecule has 0 aliphatic rings. The molecular weight excluding hydrogens is 302 g/mol. The second-order valence-corrected chi connectivity index (χ2v) is 6.32. The lowest BCUT2D eigenvalue weighted by molar-refractivity contribution is -0.144. The number of hydrogen-bond acceptors (Lipinski definition) is 3. The Hall–Kier alpha value is -1.84. The molecule has 0 aromatic heterocycles. The van der Waals surface area contributed by atoms with Gasteiger partial charge in [-0.25, -0.2) is 0 Å². The van der Waals surface area contributed by atoms with Gasteiger partial charge in [0.05, 0.1) is 6.61 Å². The molecule has 0 fully saturated rings. The number of benzene rings is 1. The monoisotopic (exact) mass is 333 g/mol. The highest BCUT2D eigenvalue weighted by Gasteiger charge is 2.16. The van der Waals surface area contributed by atoms with Crippen LogP contribution < -0.4 is 0 Å². The van der Waals surface area contributed by atoms with Crippen LogP contribution in [0.3, 0.4) is 0 Å². The first-order chi connectivity index (χ1) is 11.6. The van der Waals surface area contributed by atoms with E-state index in [1.807, 2.05) is 25.1 Å². The largest absolute Gasteiger partial charge is 0.464 e. The number of ether oxygens (including phenoxy) is 1. The Morgan fingerprint density at radius 2 is 1.62 bits per heavy atom. The first kappa shape index (κ1) is 20.2. The zero-order valence-corrected chi connectivity index (χ0v) is 15.3. The van der Waals surface area contributed by atoms with Crippen molar-refractivity contribution in [3.8, 4) is 0 Å². The minimum absolute atomic E-state index is 0.0103. The Balaban J connectivity index is 2.20. The quantitative estimate of drug-likeness (QED) is 0.446. The maximum atomic E-state index is 12.3. The third kappa shape index (κ3) is 7.62. The molecule has 134 valence electrons. The van der Waals surface area contributed by atoms with E-state index in [2.05, 4.69) is 6.92 Å². The van der Waals surface area contributed by atoms with E-state index in [1.54, 1.807) is 13.1 Å². The zero-order valence-electron chi connectivity index (χ0n) is 15.3. The fraction of sp³-hybridized carbons (Fsp3) is 0.600. The fourth-order valence-corrected chi connectivity index (χ4v) is 2.57. The Kier molecular flexibility index (Phi) is 9.81. The Morgan fingerprint density at radius 1 is 1.00 bits per heavy atom. The smallest absolute Gasteiger partial charge is 0.325 e. The van der Waals surface area contributed by atoms with Gasteiger partial charge in [-0.2, -0.15) is 0 Å². The summed E-state index contributed by atoms with van der Waals surface area (Å²) in [6, 6.07) is 7.38. The molecule has 0 N–H and O–H groups in total. The maximum absolute atomic E-state index is 12.3. The number of aryl methyl sites for hydroxylation is 1. The Labute approximate surface area is 146 Å². The van der Waals surface area contributed by atoms with Crippen LogP contribution in [0.1, 0.15) is 67.8 Å². The van der Waals surface area contributed by atoms with Gasteiger partial charge < -0.3 is 9.64 Å². The highest BCUT2D eigenvalue weighted by atomic mass is 16.5. The number of hydrogen-bond donors (Lipinski definition) is 0. The summed E-state index contributed by atoms with van der Waals surface area (Å²) in [7, 11) is 1.63. The molecule has 4 heteroatoms. The molecule has 1 amide bonds. The Bertz CT molecular complexity index is 513. The average molecular weight is 333 g/mol. The summed E-state index contributed by atoms with van der Waals surface area (Å²) in [6.07, 6.45) is 8.30. The van der Waals surface area contributed by atoms with Crippen LogP contribution in [-0.2, 0) is 9.53 Å². The van der Waals surface area contributed by atoms with E-state index < -0.39 is 0 Å². The summed E-state index contributed by atoms with van der Waals surface area (Å²) in [4.78, 5) is 25.6. The molecule has 4 nitrogen and oxygen atoms in total. The van der Waals surface area contributed by atoms with Crippen LogP contribution in [0.25, 0.3) is 0 Å². The molecule has 0 bridgehead atoms. The van der Waals surface area contributed by atoms with Crippen molar-refractivity contribution in [2.24, 2.45) is 0 Å². The minimum Gasteiger partial charge on any atom is -0.464 e. The number of rotatable bonds is 11. The van der Waals surface area contributed by atoms with E-state index in [1.165, 1.54) is 37.0 Å². The molecule has 0 unspecified atom stereocenters. The molecule has 0 saturated carbocycles. The minimum atomic E-state index is -0.342. The number of carbonyl (C=O) groups excluding carboxylic acids is 2. The maximum Gasteiger partial charge on any atom is 0.325 e. The van der Waals surface area contributed by atoms with Gasteiger partial charge in [0, 0.05) is 12.6 Å². The molecule has 0 heterocycles. The van der Waals surface area contributed by atoms with Crippen molar-refractivity contribution >= 4 is 11.9 Å². The number of amides is 1. The lowest BCUT2D eigenvalue weighted by Crippen LogP contribution is -2.33. The highest BCUT2D eigenvalue weighted by Crippen LogP contribution is 2.10. The number of esters is 1. The van der Waals surface area contributed by atoms with E-state index >= 15 is 0 Å². The van der Waals surface area contributed by atoms with Gasteiger partial charge in [0.25, 0.3) is 5.91 Å². The summed E-state index contributed by atoms with van der Waals surface area (Å²) in [6.45, 7) is 4.53. The Morgan fingerprint density at radius 3 is 2.29 bits per heavy atom. The summed E-state index contributed by atoms with van der Waals surface area (Å²) >= 11 is 0. The molecule has 0 radical (unpaired) electrons. The average Bonchev–Trinajstić information content (AvgIpc) is 2.57. The molecule has 1 aromatic carbocycles. The van der Waals surface area contributed by atoms with Crippen molar-refractivity contribution in [1.29, 1.82) is 0 Å². The van der Waals surface area contributed by atoms with Crippen LogP contribution in [-0.4, -0.2) is 37.0 Å². The molecule has 1 aromatic rings. The number of likely N-dealkylation sites (N-methyl/N-ethyl adjacent to an activating group) is 1. The van der Waals surface area contributed by atoms with Crippen LogP contribution in [0.5, 0.6) is 0 Å². The standard InChI is InChI=1S/C20H31NO3/c1-4-5-6-7-8-9-12-15-24-19(22)16-21(3)20(23)18-14-11-10-13-17(18)2/h10-11,13-14H,4-9,12,15-16H2,1-3H3. The van der Waals surface area contributed by atoms with Gasteiger partial charge in [0.15, 0.2) is 0 Å². The van der Waals surface area contributed by atoms with Crippen molar-refractivity contribution < 1.29 is 14.3 Å².